The zero-order valence-corrected chi connectivity index (χ0v) is 20.7. The Morgan fingerprint density at radius 3 is 2.00 bits per heavy atom. The molecule has 8 heteroatoms. The first-order chi connectivity index (χ1) is 17.0. The van der Waals surface area contributed by atoms with E-state index in [0.717, 1.165) is 32.0 Å². The molecule has 2 fully saturated rings. The lowest BCUT2D eigenvalue weighted by molar-refractivity contribution is -0.532. The number of aliphatic imine (C=N–C) groups is 1. The van der Waals surface area contributed by atoms with Crippen molar-refractivity contribution in [1.82, 2.24) is 19.6 Å². The molecule has 35 heavy (non-hydrogen) atoms. The van der Waals surface area contributed by atoms with Gasteiger partial charge in [0.1, 0.15) is 6.54 Å². The van der Waals surface area contributed by atoms with Crippen molar-refractivity contribution in [3.8, 4) is 0 Å². The van der Waals surface area contributed by atoms with E-state index in [1.807, 2.05) is 11.5 Å². The van der Waals surface area contributed by atoms with Gasteiger partial charge in [0, 0.05) is 40.3 Å². The first-order valence-electron chi connectivity index (χ1n) is 12.3. The number of fused-ring (bicyclic) bond motifs is 1. The van der Waals surface area contributed by atoms with Crippen LogP contribution in [0.3, 0.4) is 0 Å². The summed E-state index contributed by atoms with van der Waals surface area (Å²) in [6.45, 7) is 7.07. The Labute approximate surface area is 206 Å². The summed E-state index contributed by atoms with van der Waals surface area (Å²) >= 11 is 0. The number of piperazine rings is 1. The van der Waals surface area contributed by atoms with Gasteiger partial charge in [0.15, 0.2) is 0 Å². The van der Waals surface area contributed by atoms with Crippen LogP contribution in [-0.4, -0.2) is 107 Å². The molecule has 0 aliphatic carbocycles. The number of carbonyl (C=O) groups is 2. The van der Waals surface area contributed by atoms with E-state index in [1.54, 1.807) is 14.1 Å². The average molecular weight is 474 g/mol. The highest BCUT2D eigenvalue weighted by molar-refractivity contribution is 6.23. The number of amides is 3. The first-order valence-corrected chi connectivity index (χ1v) is 12.3. The van der Waals surface area contributed by atoms with Crippen LogP contribution in [0.25, 0.3) is 0 Å². The predicted molar refractivity (Wildman–Crippen MR) is 136 cm³/mol. The van der Waals surface area contributed by atoms with Crippen LogP contribution in [0.2, 0.25) is 0 Å². The van der Waals surface area contributed by atoms with Gasteiger partial charge in [0.2, 0.25) is 0 Å². The Bertz CT molecular complexity index is 1120. The number of amidine groups is 2. The topological polar surface area (TPSA) is 62.5 Å². The van der Waals surface area contributed by atoms with E-state index in [-0.39, 0.29) is 18.0 Å². The number of carbonyl (C=O) groups excluding carboxylic acids is 2. The number of hydrogen-bond acceptors (Lipinski definition) is 5. The molecule has 1 unspecified atom stereocenters. The van der Waals surface area contributed by atoms with Gasteiger partial charge in [-0.05, 0) is 23.0 Å². The molecule has 2 saturated heterocycles. The molecular formula is C27H33N6O2+. The molecule has 0 N–H and O–H groups in total. The number of urea groups is 1. The van der Waals surface area contributed by atoms with Crippen LogP contribution in [-0.2, 0) is 4.79 Å². The third kappa shape index (κ3) is 4.28. The first kappa shape index (κ1) is 23.4. The largest absolute Gasteiger partial charge is 0.333 e. The molecule has 1 atom stereocenters. The molecule has 0 bridgehead atoms. The summed E-state index contributed by atoms with van der Waals surface area (Å²) in [5.74, 6) is 1.20. The third-order valence-corrected chi connectivity index (χ3v) is 7.32. The standard InChI is InChI=1S/C27H33N6O2/c1-4-33-22(28-25-24(33)26(34)30(3)27(35)29(25)2)19-31-15-17-32(18-16-31)23(20-11-7-5-8-12-20)21-13-9-6-10-14-21/h5-14,23-24H,4,15-19H2,1-3H3/q+1. The molecular weight excluding hydrogens is 440 g/mol. The Balaban J connectivity index is 1.32. The van der Waals surface area contributed by atoms with Crippen LogP contribution < -0.4 is 0 Å². The average Bonchev–Trinajstić information content (AvgIpc) is 3.27. The minimum absolute atomic E-state index is 0.206. The summed E-state index contributed by atoms with van der Waals surface area (Å²) in [4.78, 5) is 37.7. The second kappa shape index (κ2) is 9.71. The van der Waals surface area contributed by atoms with Crippen molar-refractivity contribution in [1.29, 1.82) is 0 Å². The molecule has 8 nitrogen and oxygen atoms in total. The van der Waals surface area contributed by atoms with Crippen molar-refractivity contribution in [2.45, 2.75) is 19.0 Å². The smallest absolute Gasteiger partial charge is 0.290 e. The van der Waals surface area contributed by atoms with Gasteiger partial charge in [-0.2, -0.15) is 0 Å². The van der Waals surface area contributed by atoms with Crippen molar-refractivity contribution in [2.24, 2.45) is 4.99 Å². The van der Waals surface area contributed by atoms with Crippen LogP contribution >= 0.6 is 0 Å². The van der Waals surface area contributed by atoms with Crippen molar-refractivity contribution in [3.05, 3.63) is 71.8 Å². The summed E-state index contributed by atoms with van der Waals surface area (Å²) in [5, 5.41) is 0. The SMILES string of the molecule is CC[N+]1=C(CN2CCN(C(c3ccccc3)c3ccccc3)CC2)N=C2C1C(=O)N(C)C(=O)N2C. The van der Waals surface area contributed by atoms with Gasteiger partial charge in [-0.1, -0.05) is 60.7 Å². The van der Waals surface area contributed by atoms with Crippen molar-refractivity contribution >= 4 is 23.6 Å². The molecule has 3 heterocycles. The van der Waals surface area contributed by atoms with E-state index >= 15 is 0 Å². The molecule has 0 saturated carbocycles. The molecule has 2 aromatic rings. The molecule has 0 spiro atoms. The Morgan fingerprint density at radius 1 is 0.886 bits per heavy atom. The minimum Gasteiger partial charge on any atom is -0.290 e. The summed E-state index contributed by atoms with van der Waals surface area (Å²) in [6.07, 6.45) is 0. The van der Waals surface area contributed by atoms with Crippen LogP contribution in [0.15, 0.2) is 65.7 Å². The Hall–Kier alpha value is -3.36. The maximum absolute atomic E-state index is 12.9. The van der Waals surface area contributed by atoms with Crippen molar-refractivity contribution < 1.29 is 14.2 Å². The van der Waals surface area contributed by atoms with E-state index in [9.17, 15) is 9.59 Å². The predicted octanol–water partition coefficient (Wildman–Crippen LogP) is 2.13. The fraction of sp³-hybridized carbons (Fsp3) is 0.407. The molecule has 5 rings (SSSR count). The van der Waals surface area contributed by atoms with Gasteiger partial charge in [-0.15, -0.1) is 0 Å². The molecule has 3 aliphatic rings. The summed E-state index contributed by atoms with van der Waals surface area (Å²) < 4.78 is 2.04. The fourth-order valence-electron chi connectivity index (χ4n) is 5.40. The highest BCUT2D eigenvalue weighted by Crippen LogP contribution is 2.29. The third-order valence-electron chi connectivity index (χ3n) is 7.32. The lowest BCUT2D eigenvalue weighted by Gasteiger charge is -2.39. The summed E-state index contributed by atoms with van der Waals surface area (Å²) in [5.41, 5.74) is 2.61. The van der Waals surface area contributed by atoms with E-state index < -0.39 is 6.04 Å². The van der Waals surface area contributed by atoms with E-state index in [2.05, 4.69) is 70.5 Å². The van der Waals surface area contributed by atoms with Gasteiger partial charge >= 0.3 is 11.9 Å². The quantitative estimate of drug-likeness (QED) is 0.603. The number of rotatable bonds is 6. The second-order valence-electron chi connectivity index (χ2n) is 9.35. The van der Waals surface area contributed by atoms with Crippen molar-refractivity contribution in [2.75, 3.05) is 53.4 Å². The van der Waals surface area contributed by atoms with Crippen molar-refractivity contribution in [3.63, 3.8) is 0 Å². The monoisotopic (exact) mass is 473 g/mol. The molecule has 0 radical (unpaired) electrons. The zero-order chi connectivity index (χ0) is 24.5. The van der Waals surface area contributed by atoms with Crippen LogP contribution in [0, 0.1) is 0 Å². The van der Waals surface area contributed by atoms with Gasteiger partial charge in [0.05, 0.1) is 12.6 Å². The second-order valence-corrected chi connectivity index (χ2v) is 9.35. The van der Waals surface area contributed by atoms with Crippen LogP contribution in [0.5, 0.6) is 0 Å². The summed E-state index contributed by atoms with van der Waals surface area (Å²) in [6, 6.07) is 20.8. The maximum Gasteiger partial charge on any atom is 0.333 e. The summed E-state index contributed by atoms with van der Waals surface area (Å²) in [7, 11) is 3.23. The van der Waals surface area contributed by atoms with Gasteiger partial charge in [-0.25, -0.2) is 9.37 Å². The van der Waals surface area contributed by atoms with Gasteiger partial charge in [-0.3, -0.25) is 24.4 Å². The van der Waals surface area contributed by atoms with Gasteiger partial charge < -0.3 is 0 Å². The minimum atomic E-state index is -0.510. The Kier molecular flexibility index (Phi) is 6.49. The molecule has 3 amide bonds. The number of imide groups is 1. The molecule has 2 aromatic carbocycles. The normalized spacial score (nSPS) is 21.7. The zero-order valence-electron chi connectivity index (χ0n) is 20.7. The molecule has 0 aromatic heterocycles. The van der Waals surface area contributed by atoms with E-state index in [0.29, 0.717) is 18.9 Å². The molecule has 182 valence electrons. The maximum atomic E-state index is 12.9. The van der Waals surface area contributed by atoms with Gasteiger partial charge in [0.25, 0.3) is 17.8 Å². The molecule has 3 aliphatic heterocycles. The number of nitrogens with zero attached hydrogens (tertiary/aromatic N) is 6. The van der Waals surface area contributed by atoms with E-state index in [4.69, 9.17) is 4.99 Å². The fourth-order valence-corrected chi connectivity index (χ4v) is 5.40. The number of hydrogen-bond donors (Lipinski definition) is 0. The Morgan fingerprint density at radius 2 is 1.46 bits per heavy atom. The lowest BCUT2D eigenvalue weighted by Crippen LogP contribution is -2.61. The number of benzene rings is 2. The van der Waals surface area contributed by atoms with Crippen LogP contribution in [0.4, 0.5) is 4.79 Å². The van der Waals surface area contributed by atoms with Crippen LogP contribution in [0.1, 0.15) is 24.1 Å². The lowest BCUT2D eigenvalue weighted by atomic mass is 9.96. The number of likely N-dealkylation sites (N-methyl/N-ethyl adjacent to an activating group) is 3. The highest BCUT2D eigenvalue weighted by atomic mass is 16.2. The van der Waals surface area contributed by atoms with E-state index in [1.165, 1.54) is 20.9 Å². The highest BCUT2D eigenvalue weighted by Gasteiger charge is 2.52.